The van der Waals surface area contributed by atoms with Gasteiger partial charge >= 0.3 is 0 Å². The number of anilines is 1. The Kier molecular flexibility index (Phi) is 5.23. The average Bonchev–Trinajstić information content (AvgIpc) is 3.20. The Bertz CT molecular complexity index is 1060. The van der Waals surface area contributed by atoms with E-state index in [9.17, 15) is 5.11 Å². The Morgan fingerprint density at radius 3 is 2.50 bits per heavy atom. The van der Waals surface area contributed by atoms with Crippen LogP contribution in [0.1, 0.15) is 11.6 Å². The number of hydrogen-bond donors (Lipinski definition) is 1. The third-order valence-electron chi connectivity index (χ3n) is 4.84. The molecule has 6 heteroatoms. The minimum absolute atomic E-state index is 0.0238. The Morgan fingerprint density at radius 2 is 1.82 bits per heavy atom. The van der Waals surface area contributed by atoms with Crippen molar-refractivity contribution in [2.45, 2.75) is 6.04 Å². The number of ether oxygens (including phenoxy) is 1. The van der Waals surface area contributed by atoms with Crippen molar-refractivity contribution in [2.75, 3.05) is 25.7 Å². The highest BCUT2D eigenvalue weighted by molar-refractivity contribution is 7.21. The molecular weight excluding hydrogens is 370 g/mol. The van der Waals surface area contributed by atoms with E-state index in [1.165, 1.54) is 0 Å². The van der Waals surface area contributed by atoms with Crippen LogP contribution in [-0.2, 0) is 0 Å². The van der Waals surface area contributed by atoms with Crippen LogP contribution in [0.15, 0.2) is 67.0 Å². The maximum atomic E-state index is 10.1. The summed E-state index contributed by atoms with van der Waals surface area (Å²) in [5.41, 5.74) is 2.16. The van der Waals surface area contributed by atoms with Crippen molar-refractivity contribution in [1.29, 1.82) is 0 Å². The third-order valence-corrected chi connectivity index (χ3v) is 5.93. The predicted molar refractivity (Wildman–Crippen MR) is 114 cm³/mol. The maximum absolute atomic E-state index is 10.1. The molecule has 1 unspecified atom stereocenters. The number of aromatic nitrogens is 2. The normalized spacial score (nSPS) is 12.1. The van der Waals surface area contributed by atoms with Crippen LogP contribution in [0.2, 0.25) is 0 Å². The van der Waals surface area contributed by atoms with E-state index < -0.39 is 0 Å². The van der Waals surface area contributed by atoms with E-state index in [2.05, 4.69) is 28.2 Å². The third kappa shape index (κ3) is 3.44. The number of methoxy groups -OCH3 is 1. The van der Waals surface area contributed by atoms with E-state index in [4.69, 9.17) is 4.74 Å². The second-order valence-corrected chi connectivity index (χ2v) is 7.51. The molecule has 4 rings (SSSR count). The van der Waals surface area contributed by atoms with E-state index in [1.807, 2.05) is 54.4 Å². The average molecular weight is 391 g/mol. The fraction of sp³-hybridized carbons (Fsp3) is 0.182. The van der Waals surface area contributed by atoms with Crippen LogP contribution in [0.5, 0.6) is 5.75 Å². The highest BCUT2D eigenvalue weighted by atomic mass is 32.1. The van der Waals surface area contributed by atoms with Crippen LogP contribution in [0.3, 0.4) is 0 Å². The van der Waals surface area contributed by atoms with Crippen molar-refractivity contribution in [3.05, 3.63) is 72.6 Å². The lowest BCUT2D eigenvalue weighted by Crippen LogP contribution is -2.28. The number of hydrogen-bond acceptors (Lipinski definition) is 6. The van der Waals surface area contributed by atoms with E-state index in [0.717, 1.165) is 37.8 Å². The molecule has 142 valence electrons. The van der Waals surface area contributed by atoms with Gasteiger partial charge in [0, 0.05) is 11.9 Å². The summed E-state index contributed by atoms with van der Waals surface area (Å²) in [5, 5.41) is 11.1. The first-order valence-electron chi connectivity index (χ1n) is 8.99. The number of likely N-dealkylation sites (N-methyl/N-ethyl adjacent to an activating group) is 1. The molecule has 0 aliphatic heterocycles. The first kappa shape index (κ1) is 18.4. The van der Waals surface area contributed by atoms with Gasteiger partial charge in [-0.25, -0.2) is 9.97 Å². The van der Waals surface area contributed by atoms with E-state index in [-0.39, 0.29) is 12.6 Å². The number of nitrogens with zero attached hydrogens (tertiary/aromatic N) is 3. The fourth-order valence-electron chi connectivity index (χ4n) is 3.29. The lowest BCUT2D eigenvalue weighted by Gasteiger charge is -2.28. The molecule has 4 aromatic rings. The Hall–Kier alpha value is -2.96. The number of thiophene rings is 1. The van der Waals surface area contributed by atoms with Crippen molar-refractivity contribution in [2.24, 2.45) is 0 Å². The van der Waals surface area contributed by atoms with Gasteiger partial charge in [-0.05, 0) is 29.3 Å². The highest BCUT2D eigenvalue weighted by Crippen LogP contribution is 2.37. The molecule has 2 heterocycles. The molecule has 0 bridgehead atoms. The van der Waals surface area contributed by atoms with Crippen molar-refractivity contribution >= 4 is 27.4 Å². The molecule has 0 amide bonds. The van der Waals surface area contributed by atoms with Gasteiger partial charge in [-0.1, -0.05) is 42.5 Å². The number of aliphatic hydroxyl groups is 1. The van der Waals surface area contributed by atoms with Gasteiger partial charge in [0.25, 0.3) is 0 Å². The van der Waals surface area contributed by atoms with Crippen molar-refractivity contribution in [3.63, 3.8) is 0 Å². The summed E-state index contributed by atoms with van der Waals surface area (Å²) in [6, 6.07) is 19.9. The lowest BCUT2D eigenvalue weighted by molar-refractivity contribution is 0.264. The van der Waals surface area contributed by atoms with Crippen molar-refractivity contribution < 1.29 is 9.84 Å². The summed E-state index contributed by atoms with van der Waals surface area (Å²) < 4.78 is 5.23. The molecule has 1 atom stereocenters. The van der Waals surface area contributed by atoms with Crippen LogP contribution < -0.4 is 9.64 Å². The highest BCUT2D eigenvalue weighted by Gasteiger charge is 2.21. The van der Waals surface area contributed by atoms with Crippen LogP contribution in [0.4, 0.5) is 5.82 Å². The summed E-state index contributed by atoms with van der Waals surface area (Å²) in [5.74, 6) is 1.59. The molecule has 0 fully saturated rings. The summed E-state index contributed by atoms with van der Waals surface area (Å²) in [4.78, 5) is 13.1. The summed E-state index contributed by atoms with van der Waals surface area (Å²) in [6.45, 7) is -0.0238. The molecular formula is C22H21N3O2S. The number of fused-ring (bicyclic) bond motifs is 1. The second kappa shape index (κ2) is 7.96. The van der Waals surface area contributed by atoms with E-state index in [0.29, 0.717) is 0 Å². The molecule has 5 nitrogen and oxygen atoms in total. The molecule has 0 spiro atoms. The number of aliphatic hydroxyl groups excluding tert-OH is 1. The van der Waals surface area contributed by atoms with Crippen molar-refractivity contribution in [3.8, 4) is 16.2 Å². The number of rotatable bonds is 6. The molecule has 1 N–H and O–H groups in total. The van der Waals surface area contributed by atoms with Crippen LogP contribution >= 0.6 is 11.3 Å². The quantitative estimate of drug-likeness (QED) is 0.523. The standard InChI is InChI=1S/C22H21N3O2S/c1-25(19(13-26)15-8-10-17(27-2)11-9-15)21-18-12-20(16-6-4-3-5-7-16)28-22(18)24-14-23-21/h3-12,14,19,26H,13H2,1-2H3. The van der Waals surface area contributed by atoms with Gasteiger partial charge in [0.2, 0.25) is 0 Å². The van der Waals surface area contributed by atoms with Crippen molar-refractivity contribution in [1.82, 2.24) is 9.97 Å². The van der Waals surface area contributed by atoms with Gasteiger partial charge in [0.15, 0.2) is 0 Å². The smallest absolute Gasteiger partial charge is 0.141 e. The Morgan fingerprint density at radius 1 is 1.07 bits per heavy atom. The van der Waals surface area contributed by atoms with Crippen LogP contribution in [0.25, 0.3) is 20.7 Å². The van der Waals surface area contributed by atoms with Gasteiger partial charge < -0.3 is 14.7 Å². The topological polar surface area (TPSA) is 58.5 Å². The SMILES string of the molecule is COc1ccc(C(CO)N(C)c2ncnc3sc(-c4ccccc4)cc23)cc1. The van der Waals surface area contributed by atoms with Gasteiger partial charge in [0.1, 0.15) is 22.7 Å². The van der Waals surface area contributed by atoms with Gasteiger partial charge in [0.05, 0.1) is 25.1 Å². The predicted octanol–water partition coefficient (Wildman–Crippen LogP) is 4.54. The summed E-state index contributed by atoms with van der Waals surface area (Å²) >= 11 is 1.65. The van der Waals surface area contributed by atoms with Gasteiger partial charge in [-0.2, -0.15) is 0 Å². The van der Waals surface area contributed by atoms with Gasteiger partial charge in [-0.15, -0.1) is 11.3 Å². The Balaban J connectivity index is 1.73. The lowest BCUT2D eigenvalue weighted by atomic mass is 10.1. The molecule has 28 heavy (non-hydrogen) atoms. The molecule has 2 aromatic carbocycles. The molecule has 0 aliphatic rings. The largest absolute Gasteiger partial charge is 0.497 e. The fourth-order valence-corrected chi connectivity index (χ4v) is 4.29. The molecule has 0 radical (unpaired) electrons. The summed E-state index contributed by atoms with van der Waals surface area (Å²) in [7, 11) is 3.59. The first-order chi connectivity index (χ1) is 13.7. The van der Waals surface area contributed by atoms with E-state index in [1.54, 1.807) is 24.8 Å². The molecule has 0 aliphatic carbocycles. The number of benzene rings is 2. The zero-order valence-corrected chi connectivity index (χ0v) is 16.6. The minimum atomic E-state index is -0.218. The van der Waals surface area contributed by atoms with Crippen LogP contribution in [-0.4, -0.2) is 35.8 Å². The van der Waals surface area contributed by atoms with E-state index >= 15 is 0 Å². The first-order valence-corrected chi connectivity index (χ1v) is 9.80. The Labute approximate surface area is 167 Å². The molecule has 0 saturated heterocycles. The van der Waals surface area contributed by atoms with Crippen LogP contribution in [0, 0.1) is 0 Å². The molecule has 2 aromatic heterocycles. The zero-order valence-electron chi connectivity index (χ0n) is 15.7. The monoisotopic (exact) mass is 391 g/mol. The maximum Gasteiger partial charge on any atom is 0.141 e. The minimum Gasteiger partial charge on any atom is -0.497 e. The molecule has 0 saturated carbocycles. The zero-order chi connectivity index (χ0) is 19.5. The summed E-state index contributed by atoms with van der Waals surface area (Å²) in [6.07, 6.45) is 1.59. The van der Waals surface area contributed by atoms with Gasteiger partial charge in [-0.3, -0.25) is 0 Å². The second-order valence-electron chi connectivity index (χ2n) is 6.48.